The summed E-state index contributed by atoms with van der Waals surface area (Å²) in [6.07, 6.45) is 3.87. The fourth-order valence-electron chi connectivity index (χ4n) is 7.11. The molecule has 5 heteroatoms. The Labute approximate surface area is 254 Å². The monoisotopic (exact) mass is 565 g/mol. The smallest absolute Gasteiger partial charge is 0.238 e. The van der Waals surface area contributed by atoms with E-state index in [-0.39, 0.29) is 5.41 Å². The van der Waals surface area contributed by atoms with Gasteiger partial charge in [0.2, 0.25) is 5.95 Å². The van der Waals surface area contributed by atoms with Gasteiger partial charge in [0, 0.05) is 45.1 Å². The molecule has 5 aromatic carbocycles. The second-order valence-corrected chi connectivity index (χ2v) is 12.0. The van der Waals surface area contributed by atoms with Gasteiger partial charge in [-0.2, -0.15) is 9.97 Å². The Bertz CT molecular complexity index is 2350. The van der Waals surface area contributed by atoms with E-state index in [0.29, 0.717) is 17.6 Å². The summed E-state index contributed by atoms with van der Waals surface area (Å²) in [4.78, 5) is 19.8. The zero-order valence-corrected chi connectivity index (χ0v) is 24.4. The van der Waals surface area contributed by atoms with E-state index in [4.69, 9.17) is 15.0 Å². The second kappa shape index (κ2) is 9.16. The number of hydrogen-bond donors (Lipinski definition) is 0. The Kier molecular flexibility index (Phi) is 5.18. The molecule has 9 rings (SSSR count). The summed E-state index contributed by atoms with van der Waals surface area (Å²) >= 11 is 0. The van der Waals surface area contributed by atoms with Gasteiger partial charge in [-0.3, -0.25) is 9.55 Å². The number of aromatic nitrogens is 5. The van der Waals surface area contributed by atoms with Gasteiger partial charge in [-0.25, -0.2) is 4.98 Å². The Morgan fingerprint density at radius 1 is 0.591 bits per heavy atom. The normalized spacial score (nSPS) is 13.4. The van der Waals surface area contributed by atoms with Crippen LogP contribution in [0.15, 0.2) is 128 Å². The van der Waals surface area contributed by atoms with Gasteiger partial charge < -0.3 is 0 Å². The molecule has 0 bridgehead atoms. The van der Waals surface area contributed by atoms with Crippen molar-refractivity contribution in [3.05, 3.63) is 139 Å². The van der Waals surface area contributed by atoms with E-state index in [1.54, 1.807) is 0 Å². The lowest BCUT2D eigenvalue weighted by molar-refractivity contribution is 0.664. The summed E-state index contributed by atoms with van der Waals surface area (Å²) in [7, 11) is 0. The van der Waals surface area contributed by atoms with Gasteiger partial charge in [-0.15, -0.1) is 0 Å². The molecular formula is C39H27N5. The minimum absolute atomic E-state index is 0.266. The molecule has 3 heterocycles. The van der Waals surface area contributed by atoms with Gasteiger partial charge in [-0.05, 0) is 39.8 Å². The van der Waals surface area contributed by atoms with E-state index in [1.807, 2.05) is 48.8 Å². The molecule has 5 nitrogen and oxygen atoms in total. The van der Waals surface area contributed by atoms with Crippen molar-refractivity contribution in [3.63, 3.8) is 0 Å². The molecule has 208 valence electrons. The average molecular weight is 566 g/mol. The molecule has 0 aliphatic heterocycles. The van der Waals surface area contributed by atoms with Crippen molar-refractivity contribution in [2.45, 2.75) is 19.3 Å². The minimum Gasteiger partial charge on any atom is -0.277 e. The van der Waals surface area contributed by atoms with E-state index >= 15 is 0 Å². The maximum atomic E-state index is 5.17. The minimum atomic E-state index is -0.266. The molecule has 0 unspecified atom stereocenters. The SMILES string of the molecule is CC1(C)c2ccc3ccncc3c2-c2ccc3c4ccccc4n(-c4nc(-c5ccccc5)nc(-c5ccccc5)n4)c3c21. The first kappa shape index (κ1) is 24.9. The summed E-state index contributed by atoms with van der Waals surface area (Å²) in [5.74, 6) is 1.90. The number of pyridine rings is 1. The predicted molar refractivity (Wildman–Crippen MR) is 178 cm³/mol. The third-order valence-electron chi connectivity index (χ3n) is 9.11. The lowest BCUT2D eigenvalue weighted by Crippen LogP contribution is -2.17. The number of benzene rings is 5. The van der Waals surface area contributed by atoms with Gasteiger partial charge in [0.1, 0.15) is 0 Å². The molecule has 0 amide bonds. The predicted octanol–water partition coefficient (Wildman–Crippen LogP) is 9.16. The molecule has 0 saturated carbocycles. The lowest BCUT2D eigenvalue weighted by Gasteiger charge is -2.23. The Morgan fingerprint density at radius 2 is 1.27 bits per heavy atom. The molecule has 3 aromatic heterocycles. The summed E-state index contributed by atoms with van der Waals surface area (Å²) in [5, 5.41) is 4.73. The Balaban J connectivity index is 1.42. The zero-order chi connectivity index (χ0) is 29.4. The van der Waals surface area contributed by atoms with Crippen LogP contribution < -0.4 is 0 Å². The number of rotatable bonds is 3. The molecule has 0 atom stereocenters. The second-order valence-electron chi connectivity index (χ2n) is 12.0. The number of hydrogen-bond acceptors (Lipinski definition) is 4. The molecule has 1 aliphatic rings. The van der Waals surface area contributed by atoms with E-state index < -0.39 is 0 Å². The fraction of sp³-hybridized carbons (Fsp3) is 0.0769. The topological polar surface area (TPSA) is 56.5 Å². The van der Waals surface area contributed by atoms with Crippen LogP contribution in [0.3, 0.4) is 0 Å². The molecule has 1 aliphatic carbocycles. The van der Waals surface area contributed by atoms with Crippen LogP contribution in [-0.4, -0.2) is 24.5 Å². The van der Waals surface area contributed by atoms with Crippen LogP contribution >= 0.6 is 0 Å². The fourth-order valence-corrected chi connectivity index (χ4v) is 7.11. The first-order valence-electron chi connectivity index (χ1n) is 14.9. The third kappa shape index (κ3) is 3.47. The van der Waals surface area contributed by atoms with Crippen LogP contribution in [0.25, 0.3) is 72.4 Å². The summed E-state index contributed by atoms with van der Waals surface area (Å²) in [6, 6.07) is 40.1. The standard InChI is InChI=1S/C39H27N5/c1-39(2)31-20-17-24-21-22-40-23-30(24)33(31)29-19-18-28-27-15-9-10-16-32(27)44(35(28)34(29)39)38-42-36(25-11-5-3-6-12-25)41-37(43-38)26-13-7-4-8-14-26/h3-23H,1-2H3. The van der Waals surface area contributed by atoms with Crippen LogP contribution in [0.4, 0.5) is 0 Å². The van der Waals surface area contributed by atoms with Crippen molar-refractivity contribution in [1.82, 2.24) is 24.5 Å². The zero-order valence-electron chi connectivity index (χ0n) is 24.4. The summed E-state index contributed by atoms with van der Waals surface area (Å²) in [5.41, 5.74) is 8.92. The number of nitrogens with zero attached hydrogens (tertiary/aromatic N) is 5. The van der Waals surface area contributed by atoms with Gasteiger partial charge >= 0.3 is 0 Å². The average Bonchev–Trinajstić information content (AvgIpc) is 3.54. The van der Waals surface area contributed by atoms with Crippen LogP contribution in [0, 0.1) is 0 Å². The highest BCUT2D eigenvalue weighted by Gasteiger charge is 2.39. The first-order chi connectivity index (χ1) is 21.6. The molecule has 0 fully saturated rings. The van der Waals surface area contributed by atoms with Crippen molar-refractivity contribution >= 4 is 32.6 Å². The Hall–Kier alpha value is -5.68. The number of para-hydroxylation sites is 1. The summed E-state index contributed by atoms with van der Waals surface area (Å²) < 4.78 is 2.26. The maximum absolute atomic E-state index is 5.17. The van der Waals surface area contributed by atoms with Gasteiger partial charge in [-0.1, -0.05) is 117 Å². The van der Waals surface area contributed by atoms with Gasteiger partial charge in [0.15, 0.2) is 11.6 Å². The van der Waals surface area contributed by atoms with Crippen molar-refractivity contribution in [2.24, 2.45) is 0 Å². The van der Waals surface area contributed by atoms with Crippen molar-refractivity contribution in [3.8, 4) is 39.9 Å². The van der Waals surface area contributed by atoms with E-state index in [0.717, 1.165) is 22.2 Å². The number of fused-ring (bicyclic) bond motifs is 9. The van der Waals surface area contributed by atoms with Gasteiger partial charge in [0.25, 0.3) is 0 Å². The van der Waals surface area contributed by atoms with Crippen molar-refractivity contribution in [1.29, 1.82) is 0 Å². The molecule has 0 spiro atoms. The quantitative estimate of drug-likeness (QED) is 0.214. The van der Waals surface area contributed by atoms with E-state index in [1.165, 1.54) is 43.8 Å². The molecular weight excluding hydrogens is 538 g/mol. The lowest BCUT2D eigenvalue weighted by atomic mass is 9.81. The van der Waals surface area contributed by atoms with Crippen molar-refractivity contribution < 1.29 is 0 Å². The van der Waals surface area contributed by atoms with Crippen LogP contribution in [-0.2, 0) is 5.41 Å². The highest BCUT2D eigenvalue weighted by molar-refractivity contribution is 6.14. The van der Waals surface area contributed by atoms with Gasteiger partial charge in [0.05, 0.1) is 11.0 Å². The largest absolute Gasteiger partial charge is 0.277 e. The van der Waals surface area contributed by atoms with Crippen LogP contribution in [0.2, 0.25) is 0 Å². The first-order valence-corrected chi connectivity index (χ1v) is 14.9. The maximum Gasteiger partial charge on any atom is 0.238 e. The summed E-state index contributed by atoms with van der Waals surface area (Å²) in [6.45, 7) is 4.67. The highest BCUT2D eigenvalue weighted by Crippen LogP contribution is 2.54. The van der Waals surface area contributed by atoms with Crippen LogP contribution in [0.5, 0.6) is 0 Å². The molecule has 0 saturated heterocycles. The Morgan fingerprint density at radius 3 is 2.00 bits per heavy atom. The molecule has 0 N–H and O–H groups in total. The molecule has 44 heavy (non-hydrogen) atoms. The molecule has 8 aromatic rings. The van der Waals surface area contributed by atoms with E-state index in [2.05, 4.69) is 102 Å². The molecule has 0 radical (unpaired) electrons. The highest BCUT2D eigenvalue weighted by atomic mass is 15.2. The van der Waals surface area contributed by atoms with E-state index in [9.17, 15) is 0 Å². The van der Waals surface area contributed by atoms with Crippen molar-refractivity contribution in [2.75, 3.05) is 0 Å². The van der Waals surface area contributed by atoms with Crippen LogP contribution in [0.1, 0.15) is 25.0 Å². The third-order valence-corrected chi connectivity index (χ3v) is 9.11.